The second-order valence-electron chi connectivity index (χ2n) is 6.82. The molecule has 2 saturated carbocycles. The van der Waals surface area contributed by atoms with E-state index in [1.807, 2.05) is 0 Å². The summed E-state index contributed by atoms with van der Waals surface area (Å²) in [5, 5.41) is 13.8. The quantitative estimate of drug-likeness (QED) is 0.612. The van der Waals surface area contributed by atoms with Gasteiger partial charge in [0.1, 0.15) is 5.75 Å². The Balaban J connectivity index is 0.00000225. The van der Waals surface area contributed by atoms with Gasteiger partial charge in [0.2, 0.25) is 0 Å². The Labute approximate surface area is 152 Å². The number of halogens is 1. The Morgan fingerprint density at radius 3 is 2.64 bits per heavy atom. The highest BCUT2D eigenvalue weighted by atomic mass is 35.5. The number of hydrogen-bond donors (Lipinski definition) is 2. The van der Waals surface area contributed by atoms with Crippen LogP contribution in [0.4, 0.5) is 5.69 Å². The van der Waals surface area contributed by atoms with Crippen LogP contribution in [0.5, 0.6) is 5.75 Å². The number of rotatable bonds is 5. The smallest absolute Gasteiger partial charge is 0.273 e. The number of nitro groups is 1. The summed E-state index contributed by atoms with van der Waals surface area (Å²) < 4.78 is 5.40. The van der Waals surface area contributed by atoms with Crippen molar-refractivity contribution < 1.29 is 14.5 Å². The first kappa shape index (κ1) is 19.5. The molecule has 2 atom stereocenters. The maximum atomic E-state index is 12.2. The molecule has 0 heterocycles. The third-order valence-electron chi connectivity index (χ3n) is 5.10. The fraction of sp³-hybridized carbons (Fsp3) is 0.588. The second kappa shape index (κ2) is 8.49. The van der Waals surface area contributed by atoms with Crippen molar-refractivity contribution in [2.45, 2.75) is 44.2 Å². The van der Waals surface area contributed by atoms with Crippen LogP contribution in [-0.2, 0) is 4.79 Å². The molecule has 0 radical (unpaired) electrons. The van der Waals surface area contributed by atoms with Crippen molar-refractivity contribution in [2.75, 3.05) is 6.61 Å². The van der Waals surface area contributed by atoms with Gasteiger partial charge < -0.3 is 15.8 Å². The Morgan fingerprint density at radius 2 is 2.00 bits per heavy atom. The van der Waals surface area contributed by atoms with E-state index in [4.69, 9.17) is 10.5 Å². The Hall–Kier alpha value is -1.86. The lowest BCUT2D eigenvalue weighted by atomic mass is 9.67. The fourth-order valence-corrected chi connectivity index (χ4v) is 4.09. The molecular formula is C17H24ClN3O4. The lowest BCUT2D eigenvalue weighted by Crippen LogP contribution is -2.54. The summed E-state index contributed by atoms with van der Waals surface area (Å²) in [6.45, 7) is -0.136. The van der Waals surface area contributed by atoms with Gasteiger partial charge in [0, 0.05) is 18.2 Å². The number of fused-ring (bicyclic) bond motifs is 2. The molecule has 0 spiro atoms. The van der Waals surface area contributed by atoms with E-state index in [1.54, 1.807) is 6.07 Å². The van der Waals surface area contributed by atoms with E-state index >= 15 is 0 Å². The van der Waals surface area contributed by atoms with Gasteiger partial charge in [0.05, 0.1) is 11.0 Å². The second-order valence-corrected chi connectivity index (χ2v) is 6.82. The molecular weight excluding hydrogens is 346 g/mol. The molecule has 1 amide bonds. The predicted molar refractivity (Wildman–Crippen MR) is 95.8 cm³/mol. The van der Waals surface area contributed by atoms with Crippen LogP contribution < -0.4 is 15.8 Å². The van der Waals surface area contributed by atoms with Crippen LogP contribution in [0.2, 0.25) is 0 Å². The number of benzene rings is 1. The summed E-state index contributed by atoms with van der Waals surface area (Å²) in [6, 6.07) is 6.28. The van der Waals surface area contributed by atoms with Crippen molar-refractivity contribution in [3.8, 4) is 5.75 Å². The lowest BCUT2D eigenvalue weighted by molar-refractivity contribution is -0.384. The lowest BCUT2D eigenvalue weighted by Gasteiger charge is -2.45. The van der Waals surface area contributed by atoms with Gasteiger partial charge in [-0.1, -0.05) is 12.5 Å². The van der Waals surface area contributed by atoms with Crippen LogP contribution in [0.15, 0.2) is 24.3 Å². The van der Waals surface area contributed by atoms with Crippen LogP contribution in [0.25, 0.3) is 0 Å². The van der Waals surface area contributed by atoms with Gasteiger partial charge in [-0.15, -0.1) is 12.4 Å². The first-order chi connectivity index (χ1) is 11.5. The molecule has 3 rings (SSSR count). The van der Waals surface area contributed by atoms with Crippen LogP contribution in [0.3, 0.4) is 0 Å². The van der Waals surface area contributed by atoms with Crippen LogP contribution in [0.1, 0.15) is 32.1 Å². The van der Waals surface area contributed by atoms with E-state index < -0.39 is 4.92 Å². The number of carbonyl (C=O) groups is 1. The van der Waals surface area contributed by atoms with Gasteiger partial charge in [-0.05, 0) is 43.6 Å². The van der Waals surface area contributed by atoms with Crippen LogP contribution in [-0.4, -0.2) is 29.5 Å². The van der Waals surface area contributed by atoms with Crippen molar-refractivity contribution in [2.24, 2.45) is 17.6 Å². The van der Waals surface area contributed by atoms with E-state index in [0.717, 1.165) is 25.7 Å². The standard InChI is InChI=1S/C17H23N3O4.ClH/c18-13-7-11-3-1-4-12(8-13)17(11)19-16(21)10-24-15-6-2-5-14(9-15)20(22)23;/h2,5-6,9,11-13,17H,1,3-4,7-8,10,18H2,(H,19,21);1H. The normalized spacial score (nSPS) is 27.7. The van der Waals surface area contributed by atoms with Gasteiger partial charge in [0.15, 0.2) is 6.61 Å². The van der Waals surface area contributed by atoms with Gasteiger partial charge in [0.25, 0.3) is 11.6 Å². The topological polar surface area (TPSA) is 107 Å². The number of ether oxygens (including phenoxy) is 1. The molecule has 1 aromatic carbocycles. The van der Waals surface area contributed by atoms with E-state index in [2.05, 4.69) is 5.32 Å². The van der Waals surface area contributed by atoms with Crippen molar-refractivity contribution in [3.63, 3.8) is 0 Å². The van der Waals surface area contributed by atoms with Gasteiger partial charge in [-0.25, -0.2) is 0 Å². The number of nitrogens with one attached hydrogen (secondary N) is 1. The molecule has 0 aromatic heterocycles. The number of carbonyl (C=O) groups excluding carboxylic acids is 1. The maximum Gasteiger partial charge on any atom is 0.273 e. The number of non-ortho nitro benzene ring substituents is 1. The molecule has 25 heavy (non-hydrogen) atoms. The molecule has 1 aromatic rings. The number of amides is 1. The molecule has 8 heteroatoms. The molecule has 3 N–H and O–H groups in total. The van der Waals surface area contributed by atoms with E-state index in [9.17, 15) is 14.9 Å². The summed E-state index contributed by atoms with van der Waals surface area (Å²) in [5.41, 5.74) is 6.05. The van der Waals surface area contributed by atoms with Crippen molar-refractivity contribution >= 4 is 24.0 Å². The zero-order valence-corrected chi connectivity index (χ0v) is 14.7. The molecule has 0 saturated heterocycles. The summed E-state index contributed by atoms with van der Waals surface area (Å²) in [4.78, 5) is 22.5. The molecule has 0 aliphatic heterocycles. The monoisotopic (exact) mass is 369 g/mol. The molecule has 2 aliphatic rings. The number of nitrogens with zero attached hydrogens (tertiary/aromatic N) is 1. The zero-order chi connectivity index (χ0) is 17.1. The highest BCUT2D eigenvalue weighted by molar-refractivity contribution is 5.85. The van der Waals surface area contributed by atoms with Crippen LogP contribution >= 0.6 is 12.4 Å². The van der Waals surface area contributed by atoms with E-state index in [0.29, 0.717) is 17.6 Å². The molecule has 7 nitrogen and oxygen atoms in total. The van der Waals surface area contributed by atoms with E-state index in [1.165, 1.54) is 24.6 Å². The minimum atomic E-state index is -0.487. The first-order valence-corrected chi connectivity index (χ1v) is 8.45. The van der Waals surface area contributed by atoms with Crippen molar-refractivity contribution in [1.29, 1.82) is 0 Å². The molecule has 138 valence electrons. The zero-order valence-electron chi connectivity index (χ0n) is 13.9. The molecule has 2 aliphatic carbocycles. The molecule has 2 fully saturated rings. The summed E-state index contributed by atoms with van der Waals surface area (Å²) in [5.74, 6) is 1.05. The largest absolute Gasteiger partial charge is 0.484 e. The summed E-state index contributed by atoms with van der Waals surface area (Å²) in [6.07, 6.45) is 5.36. The fourth-order valence-electron chi connectivity index (χ4n) is 4.09. The molecule has 2 bridgehead atoms. The average molecular weight is 370 g/mol. The summed E-state index contributed by atoms with van der Waals surface area (Å²) >= 11 is 0. The van der Waals surface area contributed by atoms with Crippen molar-refractivity contribution in [1.82, 2.24) is 5.32 Å². The maximum absolute atomic E-state index is 12.2. The van der Waals surface area contributed by atoms with Crippen LogP contribution in [0, 0.1) is 22.0 Å². The summed E-state index contributed by atoms with van der Waals surface area (Å²) in [7, 11) is 0. The Kier molecular flexibility index (Phi) is 6.61. The van der Waals surface area contributed by atoms with Gasteiger partial charge in [-0.3, -0.25) is 14.9 Å². The minimum absolute atomic E-state index is 0. The predicted octanol–water partition coefficient (Wildman–Crippen LogP) is 2.42. The highest BCUT2D eigenvalue weighted by Gasteiger charge is 2.39. The first-order valence-electron chi connectivity index (χ1n) is 8.45. The SMILES string of the molecule is Cl.NC1CC2CCCC(C1)C2NC(=O)COc1cccc([N+](=O)[O-])c1. The van der Waals surface area contributed by atoms with Gasteiger partial charge >= 0.3 is 0 Å². The third-order valence-corrected chi connectivity index (χ3v) is 5.10. The number of nitro benzene ring substituents is 1. The minimum Gasteiger partial charge on any atom is -0.484 e. The average Bonchev–Trinajstić information content (AvgIpc) is 2.54. The number of hydrogen-bond acceptors (Lipinski definition) is 5. The van der Waals surface area contributed by atoms with E-state index in [-0.39, 0.29) is 42.7 Å². The van der Waals surface area contributed by atoms with Crippen molar-refractivity contribution in [3.05, 3.63) is 34.4 Å². The Bertz CT molecular complexity index is 614. The van der Waals surface area contributed by atoms with Gasteiger partial charge in [-0.2, -0.15) is 0 Å². The Morgan fingerprint density at radius 1 is 1.32 bits per heavy atom. The highest BCUT2D eigenvalue weighted by Crippen LogP contribution is 2.39. The molecule has 2 unspecified atom stereocenters. The third kappa shape index (κ3) is 4.83. The number of nitrogens with two attached hydrogens (primary N) is 1.